The van der Waals surface area contributed by atoms with Crippen molar-refractivity contribution in [1.82, 2.24) is 31.9 Å². The molecule has 1 aromatic carbocycles. The standard InChI is InChI=1S/C9H12N6/c1-2-4-7-6(3-1)10-8(11-7)5-9-12-14-15-13-9/h1-4,9,12-15H,5H2,(H,10,11). The van der Waals surface area contributed by atoms with E-state index < -0.39 is 0 Å². The van der Waals surface area contributed by atoms with E-state index in [1.54, 1.807) is 0 Å². The van der Waals surface area contributed by atoms with Gasteiger partial charge >= 0.3 is 0 Å². The second-order valence-corrected chi connectivity index (χ2v) is 3.50. The molecule has 3 rings (SSSR count). The van der Waals surface area contributed by atoms with Gasteiger partial charge < -0.3 is 4.98 Å². The molecule has 6 heteroatoms. The molecular formula is C9H12N6. The molecule has 2 heterocycles. The van der Waals surface area contributed by atoms with Crippen LogP contribution < -0.4 is 21.9 Å². The minimum absolute atomic E-state index is 0.144. The van der Waals surface area contributed by atoms with Gasteiger partial charge in [0.25, 0.3) is 0 Å². The number of aromatic nitrogens is 2. The zero-order valence-electron chi connectivity index (χ0n) is 8.04. The van der Waals surface area contributed by atoms with Crippen LogP contribution >= 0.6 is 0 Å². The summed E-state index contributed by atoms with van der Waals surface area (Å²) in [6, 6.07) is 8.01. The summed E-state index contributed by atoms with van der Waals surface area (Å²) >= 11 is 0. The molecule has 1 aliphatic heterocycles. The molecule has 0 amide bonds. The topological polar surface area (TPSA) is 76.8 Å². The second kappa shape index (κ2) is 3.59. The maximum absolute atomic E-state index is 4.49. The third kappa shape index (κ3) is 1.71. The Balaban J connectivity index is 1.84. The molecule has 1 saturated heterocycles. The van der Waals surface area contributed by atoms with E-state index in [2.05, 4.69) is 31.9 Å². The molecule has 1 aliphatic rings. The average molecular weight is 204 g/mol. The molecule has 0 bridgehead atoms. The number of H-pyrrole nitrogens is 1. The minimum Gasteiger partial charge on any atom is -0.342 e. The lowest BCUT2D eigenvalue weighted by Gasteiger charge is -2.04. The fraction of sp³-hybridized carbons (Fsp3) is 0.222. The van der Waals surface area contributed by atoms with Crippen LogP contribution in [0.3, 0.4) is 0 Å². The van der Waals surface area contributed by atoms with Crippen molar-refractivity contribution in [3.05, 3.63) is 30.1 Å². The number of nitrogens with zero attached hydrogens (tertiary/aromatic N) is 1. The lowest BCUT2D eigenvalue weighted by Crippen LogP contribution is -2.36. The number of rotatable bonds is 2. The van der Waals surface area contributed by atoms with Gasteiger partial charge in [-0.2, -0.15) is 11.1 Å². The van der Waals surface area contributed by atoms with Crippen LogP contribution in [-0.2, 0) is 6.42 Å². The van der Waals surface area contributed by atoms with Crippen molar-refractivity contribution in [3.8, 4) is 0 Å². The molecule has 0 unspecified atom stereocenters. The third-order valence-electron chi connectivity index (χ3n) is 2.39. The summed E-state index contributed by atoms with van der Waals surface area (Å²) in [5.41, 5.74) is 13.7. The first kappa shape index (κ1) is 8.81. The summed E-state index contributed by atoms with van der Waals surface area (Å²) in [5.74, 6) is 0.965. The fourth-order valence-electron chi connectivity index (χ4n) is 1.68. The van der Waals surface area contributed by atoms with Crippen LogP contribution in [0.15, 0.2) is 24.3 Å². The number of nitrogens with one attached hydrogen (secondary N) is 5. The van der Waals surface area contributed by atoms with Crippen LogP contribution in [0.5, 0.6) is 0 Å². The number of imidazole rings is 1. The minimum atomic E-state index is 0.144. The Hall–Kier alpha value is -1.47. The van der Waals surface area contributed by atoms with E-state index in [0.29, 0.717) is 0 Å². The summed E-state index contributed by atoms with van der Waals surface area (Å²) < 4.78 is 0. The highest BCUT2D eigenvalue weighted by atomic mass is 15.8. The van der Waals surface area contributed by atoms with Crippen LogP contribution in [0, 0.1) is 0 Å². The van der Waals surface area contributed by atoms with Crippen LogP contribution in [0.2, 0.25) is 0 Å². The quantitative estimate of drug-likeness (QED) is 0.458. The van der Waals surface area contributed by atoms with E-state index in [1.807, 2.05) is 24.3 Å². The monoisotopic (exact) mass is 204 g/mol. The number of hydrazine groups is 3. The number of para-hydroxylation sites is 2. The molecule has 0 saturated carbocycles. The van der Waals surface area contributed by atoms with Crippen LogP contribution in [0.25, 0.3) is 11.0 Å². The number of hydrogen-bond donors (Lipinski definition) is 5. The van der Waals surface area contributed by atoms with Crippen LogP contribution in [0.4, 0.5) is 0 Å². The second-order valence-electron chi connectivity index (χ2n) is 3.50. The Kier molecular flexibility index (Phi) is 2.11. The molecule has 0 aliphatic carbocycles. The first-order valence-corrected chi connectivity index (χ1v) is 4.86. The molecule has 2 aromatic rings. The fourth-order valence-corrected chi connectivity index (χ4v) is 1.68. The van der Waals surface area contributed by atoms with Gasteiger partial charge in [-0.05, 0) is 12.1 Å². The van der Waals surface area contributed by atoms with E-state index in [-0.39, 0.29) is 6.17 Å². The van der Waals surface area contributed by atoms with Gasteiger partial charge in [0, 0.05) is 6.42 Å². The summed E-state index contributed by atoms with van der Waals surface area (Å²) in [6.45, 7) is 0. The van der Waals surface area contributed by atoms with Gasteiger partial charge in [-0.15, -0.1) is 0 Å². The molecule has 5 N–H and O–H groups in total. The molecule has 1 aromatic heterocycles. The van der Waals surface area contributed by atoms with Crippen molar-refractivity contribution >= 4 is 11.0 Å². The van der Waals surface area contributed by atoms with Gasteiger partial charge in [-0.25, -0.2) is 15.8 Å². The van der Waals surface area contributed by atoms with Crippen molar-refractivity contribution < 1.29 is 0 Å². The Morgan fingerprint density at radius 1 is 1.13 bits per heavy atom. The van der Waals surface area contributed by atoms with Gasteiger partial charge in [0.1, 0.15) is 5.82 Å². The lowest BCUT2D eigenvalue weighted by molar-refractivity contribution is 0.513. The molecule has 0 atom stereocenters. The normalized spacial score (nSPS) is 17.6. The Morgan fingerprint density at radius 3 is 2.73 bits per heavy atom. The van der Waals surface area contributed by atoms with E-state index in [9.17, 15) is 0 Å². The zero-order valence-corrected chi connectivity index (χ0v) is 8.04. The summed E-state index contributed by atoms with van der Waals surface area (Å²) in [6.07, 6.45) is 0.930. The SMILES string of the molecule is c1ccc2[nH]c(CC3NNNN3)nc2c1. The van der Waals surface area contributed by atoms with Gasteiger partial charge in [0.15, 0.2) is 0 Å². The maximum atomic E-state index is 4.49. The van der Waals surface area contributed by atoms with Gasteiger partial charge in [0.05, 0.1) is 17.2 Å². The van der Waals surface area contributed by atoms with Gasteiger partial charge in [-0.1, -0.05) is 12.1 Å². The van der Waals surface area contributed by atoms with Crippen LogP contribution in [0.1, 0.15) is 5.82 Å². The Bertz CT molecular complexity index is 425. The number of fused-ring (bicyclic) bond motifs is 1. The first-order valence-electron chi connectivity index (χ1n) is 4.86. The summed E-state index contributed by atoms with van der Waals surface area (Å²) in [4.78, 5) is 7.76. The lowest BCUT2D eigenvalue weighted by atomic mass is 10.3. The number of benzene rings is 1. The van der Waals surface area contributed by atoms with E-state index in [4.69, 9.17) is 0 Å². The average Bonchev–Trinajstić information content (AvgIpc) is 2.86. The van der Waals surface area contributed by atoms with E-state index >= 15 is 0 Å². The van der Waals surface area contributed by atoms with E-state index in [1.165, 1.54) is 0 Å². The van der Waals surface area contributed by atoms with Crippen molar-refractivity contribution in [2.24, 2.45) is 0 Å². The molecule has 0 radical (unpaired) electrons. The summed E-state index contributed by atoms with van der Waals surface area (Å²) in [7, 11) is 0. The van der Waals surface area contributed by atoms with Crippen molar-refractivity contribution in [2.45, 2.75) is 12.6 Å². The molecular weight excluding hydrogens is 192 g/mol. The molecule has 15 heavy (non-hydrogen) atoms. The smallest absolute Gasteiger partial charge is 0.110 e. The highest BCUT2D eigenvalue weighted by Gasteiger charge is 2.14. The zero-order chi connectivity index (χ0) is 10.1. The molecule has 1 fully saturated rings. The van der Waals surface area contributed by atoms with E-state index in [0.717, 1.165) is 23.3 Å². The molecule has 0 spiro atoms. The Morgan fingerprint density at radius 2 is 1.93 bits per heavy atom. The van der Waals surface area contributed by atoms with Crippen molar-refractivity contribution in [1.29, 1.82) is 0 Å². The largest absolute Gasteiger partial charge is 0.342 e. The van der Waals surface area contributed by atoms with Crippen molar-refractivity contribution in [3.63, 3.8) is 0 Å². The number of hydrogen-bond acceptors (Lipinski definition) is 5. The predicted molar refractivity (Wildman–Crippen MR) is 56.1 cm³/mol. The highest BCUT2D eigenvalue weighted by Crippen LogP contribution is 2.10. The third-order valence-corrected chi connectivity index (χ3v) is 2.39. The molecule has 78 valence electrons. The summed E-state index contributed by atoms with van der Waals surface area (Å²) in [5, 5.41) is 0. The predicted octanol–water partition coefficient (Wildman–Crippen LogP) is -0.452. The highest BCUT2D eigenvalue weighted by molar-refractivity contribution is 5.74. The van der Waals surface area contributed by atoms with Crippen LogP contribution in [-0.4, -0.2) is 16.1 Å². The first-order chi connectivity index (χ1) is 7.42. The van der Waals surface area contributed by atoms with Gasteiger partial charge in [0.2, 0.25) is 0 Å². The molecule has 6 nitrogen and oxygen atoms in total. The van der Waals surface area contributed by atoms with Gasteiger partial charge in [-0.3, -0.25) is 0 Å². The van der Waals surface area contributed by atoms with Crippen molar-refractivity contribution in [2.75, 3.05) is 0 Å². The Labute approximate surface area is 86.4 Å². The maximum Gasteiger partial charge on any atom is 0.110 e. The number of aromatic amines is 1.